The molecule has 9 heavy (non-hydrogen) atoms. The van der Waals surface area contributed by atoms with Gasteiger partial charge in [0.25, 0.3) is 0 Å². The van der Waals surface area contributed by atoms with Gasteiger partial charge in [0.15, 0.2) is 0 Å². The summed E-state index contributed by atoms with van der Waals surface area (Å²) in [6.45, 7) is 0. The molecule has 0 bridgehead atoms. The van der Waals surface area contributed by atoms with Gasteiger partial charge in [0.1, 0.15) is 5.88 Å². The van der Waals surface area contributed by atoms with Crippen LogP contribution in [0.1, 0.15) is 5.56 Å². The first-order chi connectivity index (χ1) is 4.34. The highest BCUT2D eigenvalue weighted by atomic mass is 35.5. The standard InChI is InChI=1S/C7H4ClN/c8-5-6-3-1-2-4-7(6)9/h1-4H. The van der Waals surface area contributed by atoms with Crippen LogP contribution in [0.5, 0.6) is 0 Å². The third kappa shape index (κ3) is 1.36. The minimum absolute atomic E-state index is 0.160. The molecule has 0 unspecified atom stereocenters. The molecule has 0 aliphatic carbocycles. The highest BCUT2D eigenvalue weighted by Crippen LogP contribution is 2.15. The van der Waals surface area contributed by atoms with E-state index >= 15 is 0 Å². The van der Waals surface area contributed by atoms with Crippen molar-refractivity contribution in [1.82, 2.24) is 5.73 Å². The van der Waals surface area contributed by atoms with E-state index in [9.17, 15) is 0 Å². The summed E-state index contributed by atoms with van der Waals surface area (Å²) in [5.74, 6) is 2.32. The molecule has 0 aliphatic heterocycles. The molecule has 1 aromatic rings. The van der Waals surface area contributed by atoms with Gasteiger partial charge in [-0.25, -0.2) is 0 Å². The molecule has 4 radical (unpaired) electrons. The lowest BCUT2D eigenvalue weighted by molar-refractivity contribution is 1.43. The number of hydrogen-bond acceptors (Lipinski definition) is 0. The summed E-state index contributed by atoms with van der Waals surface area (Å²) in [5.41, 5.74) is 9.65. The quantitative estimate of drug-likeness (QED) is 0.565. The van der Waals surface area contributed by atoms with Gasteiger partial charge in [0, 0.05) is 5.56 Å². The van der Waals surface area contributed by atoms with Gasteiger partial charge in [-0.05, 0) is 6.07 Å². The number of nitrogens with zero attached hydrogens (tertiary/aromatic N) is 1. The molecular formula is C7H4ClN. The topological polar surface area (TPSA) is 22.3 Å². The van der Waals surface area contributed by atoms with Crippen molar-refractivity contribution >= 4 is 17.3 Å². The maximum atomic E-state index is 8.96. The average molecular weight is 138 g/mol. The summed E-state index contributed by atoms with van der Waals surface area (Å²) < 4.78 is 0. The molecule has 44 valence electrons. The number of hydrogen-bond donors (Lipinski definition) is 0. The van der Waals surface area contributed by atoms with Crippen LogP contribution in [0.2, 0.25) is 0 Å². The number of halogens is 1. The maximum Gasteiger partial charge on any atom is 0.122 e. The number of rotatable bonds is 1. The Morgan fingerprint density at radius 2 is 2.00 bits per heavy atom. The van der Waals surface area contributed by atoms with Crippen LogP contribution in [-0.2, 0) is 0 Å². The van der Waals surface area contributed by atoms with Crippen LogP contribution in [0.3, 0.4) is 0 Å². The summed E-state index contributed by atoms with van der Waals surface area (Å²) in [4.78, 5) is 0. The van der Waals surface area contributed by atoms with Crippen molar-refractivity contribution < 1.29 is 0 Å². The van der Waals surface area contributed by atoms with Crippen molar-refractivity contribution in [3.05, 3.63) is 35.7 Å². The molecular weight excluding hydrogens is 134 g/mol. The molecule has 0 saturated heterocycles. The van der Waals surface area contributed by atoms with Gasteiger partial charge in [0.05, 0.1) is 5.69 Å². The lowest BCUT2D eigenvalue weighted by Crippen LogP contribution is -1.76. The fourth-order valence-corrected chi connectivity index (χ4v) is 0.713. The van der Waals surface area contributed by atoms with Crippen molar-refractivity contribution in [2.45, 2.75) is 0 Å². The maximum absolute atomic E-state index is 8.96. The highest BCUT2D eigenvalue weighted by Gasteiger charge is 1.95. The normalized spacial score (nSPS) is 9.44. The third-order valence-corrected chi connectivity index (χ3v) is 1.21. The van der Waals surface area contributed by atoms with E-state index < -0.39 is 0 Å². The Kier molecular flexibility index (Phi) is 1.96. The molecule has 1 rings (SSSR count). The second-order valence-corrected chi connectivity index (χ2v) is 1.80. The van der Waals surface area contributed by atoms with Crippen LogP contribution in [0.25, 0.3) is 0 Å². The molecule has 0 atom stereocenters. The fourth-order valence-electron chi connectivity index (χ4n) is 0.554. The van der Waals surface area contributed by atoms with Gasteiger partial charge in [0.2, 0.25) is 0 Å². The zero-order chi connectivity index (χ0) is 6.69. The molecule has 0 amide bonds. The Morgan fingerprint density at radius 1 is 1.33 bits per heavy atom. The van der Waals surface area contributed by atoms with E-state index in [4.69, 9.17) is 17.3 Å². The molecule has 0 N–H and O–H groups in total. The second-order valence-electron chi connectivity index (χ2n) is 1.61. The van der Waals surface area contributed by atoms with Crippen molar-refractivity contribution in [3.8, 4) is 0 Å². The summed E-state index contributed by atoms with van der Waals surface area (Å²) in [5, 5.41) is 0. The summed E-state index contributed by atoms with van der Waals surface area (Å²) in [7, 11) is 0. The van der Waals surface area contributed by atoms with Gasteiger partial charge in [-0.15, -0.1) is 11.6 Å². The van der Waals surface area contributed by atoms with Gasteiger partial charge in [-0.2, -0.15) is 5.73 Å². The van der Waals surface area contributed by atoms with Gasteiger partial charge in [-0.3, -0.25) is 0 Å². The first-order valence-corrected chi connectivity index (χ1v) is 2.87. The Labute approximate surface area is 59.4 Å². The van der Waals surface area contributed by atoms with Crippen LogP contribution in [-0.4, -0.2) is 0 Å². The molecule has 0 spiro atoms. The molecule has 0 aromatic heterocycles. The van der Waals surface area contributed by atoms with Gasteiger partial charge in [-0.1, -0.05) is 18.2 Å². The van der Waals surface area contributed by atoms with E-state index in [2.05, 4.69) is 5.88 Å². The van der Waals surface area contributed by atoms with Crippen LogP contribution < -0.4 is 5.73 Å². The first kappa shape index (κ1) is 6.43. The fraction of sp³-hybridized carbons (Fsp3) is 0. The summed E-state index contributed by atoms with van der Waals surface area (Å²) in [6.07, 6.45) is 0. The second kappa shape index (κ2) is 2.74. The van der Waals surface area contributed by atoms with Crippen LogP contribution in [0.4, 0.5) is 5.69 Å². The largest absolute Gasteiger partial charge is 0.150 e. The van der Waals surface area contributed by atoms with Crippen molar-refractivity contribution in [3.63, 3.8) is 0 Å². The Balaban J connectivity index is 3.01. The average Bonchev–Trinajstić information content (AvgIpc) is 1.89. The van der Waals surface area contributed by atoms with Gasteiger partial charge >= 0.3 is 0 Å². The van der Waals surface area contributed by atoms with E-state index in [1.807, 2.05) is 0 Å². The van der Waals surface area contributed by atoms with Crippen molar-refractivity contribution in [1.29, 1.82) is 0 Å². The molecule has 0 aliphatic rings. The SMILES string of the molecule is [N]c1ccccc1[C]Cl. The molecule has 2 heteroatoms. The molecule has 1 aromatic carbocycles. The predicted octanol–water partition coefficient (Wildman–Crippen LogP) is 2.01. The van der Waals surface area contributed by atoms with E-state index in [0.29, 0.717) is 5.56 Å². The van der Waals surface area contributed by atoms with Crippen LogP contribution in [0, 0.1) is 5.88 Å². The first-order valence-electron chi connectivity index (χ1n) is 2.49. The molecule has 0 fully saturated rings. The monoisotopic (exact) mass is 137 g/mol. The predicted molar refractivity (Wildman–Crippen MR) is 36.4 cm³/mol. The zero-order valence-corrected chi connectivity index (χ0v) is 5.39. The molecule has 0 saturated carbocycles. The summed E-state index contributed by atoms with van der Waals surface area (Å²) >= 11 is 5.22. The molecule has 0 heterocycles. The molecule has 1 nitrogen and oxygen atoms in total. The smallest absolute Gasteiger partial charge is 0.122 e. The zero-order valence-electron chi connectivity index (χ0n) is 4.63. The van der Waals surface area contributed by atoms with E-state index in [1.165, 1.54) is 0 Å². The van der Waals surface area contributed by atoms with Crippen molar-refractivity contribution in [2.24, 2.45) is 0 Å². The number of benzene rings is 1. The third-order valence-electron chi connectivity index (χ3n) is 1.01. The minimum atomic E-state index is 0.160. The minimum Gasteiger partial charge on any atom is -0.150 e. The highest BCUT2D eigenvalue weighted by molar-refractivity contribution is 6.25. The Hall–Kier alpha value is -0.690. The Bertz CT molecular complexity index is 198. The van der Waals surface area contributed by atoms with Gasteiger partial charge < -0.3 is 0 Å². The van der Waals surface area contributed by atoms with E-state index in [-0.39, 0.29) is 5.69 Å². The van der Waals surface area contributed by atoms with E-state index in [0.717, 1.165) is 0 Å². The lowest BCUT2D eigenvalue weighted by Gasteiger charge is -1.92. The summed E-state index contributed by atoms with van der Waals surface area (Å²) in [6, 6.07) is 6.75. The van der Waals surface area contributed by atoms with Crippen LogP contribution >= 0.6 is 11.6 Å². The van der Waals surface area contributed by atoms with Crippen LogP contribution in [0.15, 0.2) is 24.3 Å². The van der Waals surface area contributed by atoms with Crippen molar-refractivity contribution in [2.75, 3.05) is 0 Å². The van der Waals surface area contributed by atoms with E-state index in [1.54, 1.807) is 24.3 Å². The Morgan fingerprint density at radius 3 is 2.44 bits per heavy atom. The lowest BCUT2D eigenvalue weighted by atomic mass is 10.2.